The van der Waals surface area contributed by atoms with Gasteiger partial charge in [-0.05, 0) is 50.1 Å². The van der Waals surface area contributed by atoms with Gasteiger partial charge >= 0.3 is 0 Å². The number of hydrogen-bond donors (Lipinski definition) is 1. The lowest BCUT2D eigenvalue weighted by atomic mass is 10.1. The first-order valence-electron chi connectivity index (χ1n) is 9.21. The zero-order valence-electron chi connectivity index (χ0n) is 15.6. The van der Waals surface area contributed by atoms with E-state index in [1.807, 2.05) is 6.92 Å². The van der Waals surface area contributed by atoms with E-state index in [0.29, 0.717) is 30.0 Å². The third-order valence-corrected chi connectivity index (χ3v) is 7.05. The summed E-state index contributed by atoms with van der Waals surface area (Å²) in [5.41, 5.74) is 1.46. The van der Waals surface area contributed by atoms with E-state index in [4.69, 9.17) is 9.47 Å². The number of carbonyl (C=O) groups excluding carboxylic acids is 1. The van der Waals surface area contributed by atoms with Gasteiger partial charge in [0.05, 0.1) is 4.90 Å². The maximum atomic E-state index is 13.0. The molecule has 1 N–H and O–H groups in total. The van der Waals surface area contributed by atoms with Crippen molar-refractivity contribution in [3.63, 3.8) is 0 Å². The lowest BCUT2D eigenvalue weighted by Gasteiger charge is -2.24. The van der Waals surface area contributed by atoms with Crippen molar-refractivity contribution >= 4 is 15.9 Å². The number of benzene rings is 2. The van der Waals surface area contributed by atoms with Crippen LogP contribution < -0.4 is 14.8 Å². The van der Waals surface area contributed by atoms with Gasteiger partial charge in [-0.1, -0.05) is 17.7 Å². The average Bonchev–Trinajstić information content (AvgIpc) is 3.35. The first-order chi connectivity index (χ1) is 13.4. The van der Waals surface area contributed by atoms with Gasteiger partial charge in [0, 0.05) is 24.7 Å². The SMILES string of the molecule is Cc1ccc(S(=O)(=O)N2CCC[C@@H]2CNC(=O)c2ccc3c(c2)OCO3)cc1. The molecule has 8 heteroatoms. The highest BCUT2D eigenvalue weighted by Crippen LogP contribution is 2.32. The Kier molecular flexibility index (Phi) is 4.99. The van der Waals surface area contributed by atoms with E-state index in [1.165, 1.54) is 4.31 Å². The molecule has 0 aliphatic carbocycles. The Morgan fingerprint density at radius 3 is 2.68 bits per heavy atom. The van der Waals surface area contributed by atoms with Gasteiger partial charge in [0.15, 0.2) is 11.5 Å². The second-order valence-corrected chi connectivity index (χ2v) is 8.89. The minimum Gasteiger partial charge on any atom is -0.454 e. The minimum atomic E-state index is -3.58. The number of rotatable bonds is 5. The molecule has 1 fully saturated rings. The summed E-state index contributed by atoms with van der Waals surface area (Å²) in [6, 6.07) is 11.6. The summed E-state index contributed by atoms with van der Waals surface area (Å²) in [7, 11) is -3.58. The number of hydrogen-bond acceptors (Lipinski definition) is 5. The fraction of sp³-hybridized carbons (Fsp3) is 0.350. The Hall–Kier alpha value is -2.58. The fourth-order valence-electron chi connectivity index (χ4n) is 3.53. The first kappa shape index (κ1) is 18.8. The van der Waals surface area contributed by atoms with Crippen LogP contribution in [0.25, 0.3) is 0 Å². The summed E-state index contributed by atoms with van der Waals surface area (Å²) in [5, 5.41) is 2.85. The maximum Gasteiger partial charge on any atom is 0.251 e. The minimum absolute atomic E-state index is 0.147. The molecule has 0 saturated carbocycles. The second-order valence-electron chi connectivity index (χ2n) is 7.00. The zero-order valence-corrected chi connectivity index (χ0v) is 16.4. The molecule has 2 heterocycles. The van der Waals surface area contributed by atoms with Gasteiger partial charge in [0.25, 0.3) is 5.91 Å². The summed E-state index contributed by atoms with van der Waals surface area (Å²) in [6.45, 7) is 2.79. The van der Waals surface area contributed by atoms with Crippen molar-refractivity contribution in [2.45, 2.75) is 30.7 Å². The second kappa shape index (κ2) is 7.44. The van der Waals surface area contributed by atoms with E-state index >= 15 is 0 Å². The zero-order chi connectivity index (χ0) is 19.7. The van der Waals surface area contributed by atoms with Crippen molar-refractivity contribution in [1.29, 1.82) is 0 Å². The van der Waals surface area contributed by atoms with Crippen LogP contribution in [0.2, 0.25) is 0 Å². The van der Waals surface area contributed by atoms with Gasteiger partial charge < -0.3 is 14.8 Å². The Balaban J connectivity index is 1.44. The summed E-state index contributed by atoms with van der Waals surface area (Å²) >= 11 is 0. The largest absolute Gasteiger partial charge is 0.454 e. The Bertz CT molecular complexity index is 988. The normalized spacial score (nSPS) is 19.0. The highest BCUT2D eigenvalue weighted by molar-refractivity contribution is 7.89. The smallest absolute Gasteiger partial charge is 0.251 e. The Labute approximate surface area is 164 Å². The van der Waals surface area contributed by atoms with E-state index in [1.54, 1.807) is 42.5 Å². The van der Waals surface area contributed by atoms with Gasteiger partial charge in [0.2, 0.25) is 16.8 Å². The third-order valence-electron chi connectivity index (χ3n) is 5.08. The molecule has 2 aromatic carbocycles. The van der Waals surface area contributed by atoms with Crippen molar-refractivity contribution in [2.75, 3.05) is 19.9 Å². The van der Waals surface area contributed by atoms with E-state index in [2.05, 4.69) is 5.32 Å². The van der Waals surface area contributed by atoms with Crippen LogP contribution in [0, 0.1) is 6.92 Å². The highest BCUT2D eigenvalue weighted by Gasteiger charge is 2.35. The summed E-state index contributed by atoms with van der Waals surface area (Å²) in [4.78, 5) is 12.8. The summed E-state index contributed by atoms with van der Waals surface area (Å²) in [6.07, 6.45) is 1.49. The van der Waals surface area contributed by atoms with E-state index in [-0.39, 0.29) is 30.2 Å². The van der Waals surface area contributed by atoms with E-state index in [9.17, 15) is 13.2 Å². The van der Waals surface area contributed by atoms with Gasteiger partial charge in [-0.25, -0.2) is 8.42 Å². The van der Waals surface area contributed by atoms with Gasteiger partial charge in [-0.2, -0.15) is 4.31 Å². The summed E-state index contributed by atoms with van der Waals surface area (Å²) in [5.74, 6) is 0.887. The number of nitrogens with zero attached hydrogens (tertiary/aromatic N) is 1. The number of sulfonamides is 1. The molecule has 4 rings (SSSR count). The predicted octanol–water partition coefficient (Wildman–Crippen LogP) is 2.31. The molecule has 1 atom stereocenters. The van der Waals surface area contributed by atoms with Crippen LogP contribution in [0.4, 0.5) is 0 Å². The average molecular weight is 402 g/mol. The lowest BCUT2D eigenvalue weighted by molar-refractivity contribution is 0.0946. The van der Waals surface area contributed by atoms with Gasteiger partial charge in [0.1, 0.15) is 0 Å². The van der Waals surface area contributed by atoms with Crippen LogP contribution >= 0.6 is 0 Å². The summed E-state index contributed by atoms with van der Waals surface area (Å²) < 4.78 is 38.0. The van der Waals surface area contributed by atoms with E-state index < -0.39 is 10.0 Å². The van der Waals surface area contributed by atoms with Gasteiger partial charge in [-0.3, -0.25) is 4.79 Å². The number of nitrogens with one attached hydrogen (secondary N) is 1. The molecule has 2 aromatic rings. The molecule has 2 aliphatic rings. The Morgan fingerprint density at radius 2 is 1.89 bits per heavy atom. The molecule has 1 amide bonds. The standard InChI is InChI=1S/C20H22N2O5S/c1-14-4-7-17(8-5-14)28(24,25)22-10-2-3-16(22)12-21-20(23)15-6-9-18-19(11-15)27-13-26-18/h4-9,11,16H,2-3,10,12-13H2,1H3,(H,21,23)/t16-/m1/s1. The molecule has 148 valence electrons. The number of fused-ring (bicyclic) bond motifs is 1. The topological polar surface area (TPSA) is 84.9 Å². The quantitative estimate of drug-likeness (QED) is 0.830. The van der Waals surface area contributed by atoms with Crippen molar-refractivity contribution in [3.8, 4) is 11.5 Å². The monoisotopic (exact) mass is 402 g/mol. The number of ether oxygens (including phenoxy) is 2. The van der Waals surface area contributed by atoms with Crippen molar-refractivity contribution in [1.82, 2.24) is 9.62 Å². The van der Waals surface area contributed by atoms with Crippen LogP contribution in [0.5, 0.6) is 11.5 Å². The molecule has 0 bridgehead atoms. The van der Waals surface area contributed by atoms with Crippen molar-refractivity contribution in [2.24, 2.45) is 0 Å². The molecule has 0 spiro atoms. The van der Waals surface area contributed by atoms with Crippen molar-refractivity contribution in [3.05, 3.63) is 53.6 Å². The predicted molar refractivity (Wildman–Crippen MR) is 103 cm³/mol. The lowest BCUT2D eigenvalue weighted by Crippen LogP contribution is -2.43. The Morgan fingerprint density at radius 1 is 1.14 bits per heavy atom. The molecule has 7 nitrogen and oxygen atoms in total. The van der Waals surface area contributed by atoms with Crippen LogP contribution in [0.1, 0.15) is 28.8 Å². The molecule has 0 aromatic heterocycles. The maximum absolute atomic E-state index is 13.0. The molecule has 1 saturated heterocycles. The number of carbonyl (C=O) groups is 1. The molecular formula is C20H22N2O5S. The highest BCUT2D eigenvalue weighted by atomic mass is 32.2. The molecule has 2 aliphatic heterocycles. The molecule has 0 radical (unpaired) electrons. The fourth-order valence-corrected chi connectivity index (χ4v) is 5.22. The van der Waals surface area contributed by atoms with Gasteiger partial charge in [-0.15, -0.1) is 0 Å². The van der Waals surface area contributed by atoms with Crippen LogP contribution in [-0.4, -0.2) is 44.6 Å². The third kappa shape index (κ3) is 3.57. The van der Waals surface area contributed by atoms with Crippen LogP contribution in [-0.2, 0) is 10.0 Å². The first-order valence-corrected chi connectivity index (χ1v) is 10.7. The molecular weight excluding hydrogens is 380 g/mol. The molecule has 28 heavy (non-hydrogen) atoms. The number of aryl methyl sites for hydroxylation is 1. The van der Waals surface area contributed by atoms with E-state index in [0.717, 1.165) is 12.0 Å². The number of amides is 1. The molecule has 0 unspecified atom stereocenters. The van der Waals surface area contributed by atoms with Crippen LogP contribution in [0.15, 0.2) is 47.4 Å². The van der Waals surface area contributed by atoms with Crippen molar-refractivity contribution < 1.29 is 22.7 Å². The van der Waals surface area contributed by atoms with Crippen LogP contribution in [0.3, 0.4) is 0 Å².